The third kappa shape index (κ3) is 1.94. The van der Waals surface area contributed by atoms with E-state index in [1.807, 2.05) is 6.07 Å². The molecule has 2 N–H and O–H groups in total. The highest BCUT2D eigenvalue weighted by Gasteiger charge is 2.11. The van der Waals surface area contributed by atoms with Crippen molar-refractivity contribution in [3.05, 3.63) is 40.8 Å². The van der Waals surface area contributed by atoms with Gasteiger partial charge >= 0.3 is 0 Å². The molecule has 0 unspecified atom stereocenters. The van der Waals surface area contributed by atoms with E-state index in [0.717, 1.165) is 10.4 Å². The van der Waals surface area contributed by atoms with Crippen molar-refractivity contribution in [2.24, 2.45) is 5.73 Å². The predicted molar refractivity (Wildman–Crippen MR) is 60.1 cm³/mol. The van der Waals surface area contributed by atoms with Crippen LogP contribution in [0.15, 0.2) is 24.3 Å². The molecule has 0 aliphatic heterocycles. The number of thiazole rings is 1. The molecular formula is C11H8FN3S. The summed E-state index contributed by atoms with van der Waals surface area (Å²) in [5.74, 6) is -0.300. The van der Waals surface area contributed by atoms with Gasteiger partial charge in [0.1, 0.15) is 16.9 Å². The van der Waals surface area contributed by atoms with Gasteiger partial charge in [0.25, 0.3) is 0 Å². The Labute approximate surface area is 96.0 Å². The topological polar surface area (TPSA) is 62.7 Å². The Morgan fingerprint density at radius 1 is 1.38 bits per heavy atom. The molecule has 0 aliphatic carbocycles. The van der Waals surface area contributed by atoms with E-state index in [1.165, 1.54) is 23.5 Å². The molecule has 5 heteroatoms. The minimum atomic E-state index is -0.300. The number of hydrogen-bond acceptors (Lipinski definition) is 4. The van der Waals surface area contributed by atoms with E-state index >= 15 is 0 Å². The third-order valence-corrected chi connectivity index (χ3v) is 3.19. The maximum Gasteiger partial charge on any atom is 0.159 e. The van der Waals surface area contributed by atoms with Gasteiger partial charge in [-0.15, -0.1) is 11.3 Å². The van der Waals surface area contributed by atoms with Crippen LogP contribution in [0.3, 0.4) is 0 Å². The van der Waals surface area contributed by atoms with Crippen molar-refractivity contribution in [3.8, 4) is 16.5 Å². The summed E-state index contributed by atoms with van der Waals surface area (Å²) in [6.07, 6.45) is 0. The fraction of sp³-hybridized carbons (Fsp3) is 0.0909. The molecule has 3 nitrogen and oxygen atoms in total. The fourth-order valence-electron chi connectivity index (χ4n) is 1.32. The van der Waals surface area contributed by atoms with Gasteiger partial charge in [0, 0.05) is 6.54 Å². The maximum atomic E-state index is 12.8. The summed E-state index contributed by atoms with van der Waals surface area (Å²) in [6, 6.07) is 7.99. The first kappa shape index (κ1) is 10.7. The minimum Gasteiger partial charge on any atom is -0.325 e. The van der Waals surface area contributed by atoms with E-state index in [-0.39, 0.29) is 5.82 Å². The number of benzene rings is 1. The summed E-state index contributed by atoms with van der Waals surface area (Å²) in [6.45, 7) is 0.306. The second-order valence-electron chi connectivity index (χ2n) is 3.11. The lowest BCUT2D eigenvalue weighted by atomic mass is 10.1. The van der Waals surface area contributed by atoms with Gasteiger partial charge in [0.2, 0.25) is 0 Å². The molecule has 2 aromatic rings. The van der Waals surface area contributed by atoms with Crippen molar-refractivity contribution >= 4 is 11.3 Å². The summed E-state index contributed by atoms with van der Waals surface area (Å²) in [7, 11) is 0. The van der Waals surface area contributed by atoms with E-state index in [4.69, 9.17) is 11.0 Å². The molecule has 0 bridgehead atoms. The zero-order valence-corrected chi connectivity index (χ0v) is 9.09. The SMILES string of the molecule is N#Cc1nc(CN)sc1-c1ccc(F)cc1. The normalized spacial score (nSPS) is 10.1. The highest BCUT2D eigenvalue weighted by molar-refractivity contribution is 7.15. The van der Waals surface area contributed by atoms with Crippen LogP contribution in [0.25, 0.3) is 10.4 Å². The first-order valence-electron chi connectivity index (χ1n) is 4.60. The molecule has 0 atom stereocenters. The molecular weight excluding hydrogens is 225 g/mol. The largest absolute Gasteiger partial charge is 0.325 e. The second kappa shape index (κ2) is 4.39. The van der Waals surface area contributed by atoms with Crippen LogP contribution >= 0.6 is 11.3 Å². The fourth-order valence-corrected chi connectivity index (χ4v) is 2.22. The molecule has 0 saturated heterocycles. The highest BCUT2D eigenvalue weighted by Crippen LogP contribution is 2.29. The number of hydrogen-bond donors (Lipinski definition) is 1. The molecule has 1 heterocycles. The molecule has 0 spiro atoms. The van der Waals surface area contributed by atoms with E-state index in [2.05, 4.69) is 4.98 Å². The van der Waals surface area contributed by atoms with E-state index in [1.54, 1.807) is 12.1 Å². The van der Waals surface area contributed by atoms with Crippen LogP contribution in [0, 0.1) is 17.1 Å². The number of nitrogens with zero attached hydrogens (tertiary/aromatic N) is 2. The number of halogens is 1. The lowest BCUT2D eigenvalue weighted by molar-refractivity contribution is 0.628. The average molecular weight is 233 g/mol. The van der Waals surface area contributed by atoms with Gasteiger partial charge in [-0.05, 0) is 17.7 Å². The van der Waals surface area contributed by atoms with Gasteiger partial charge in [0.05, 0.1) is 4.88 Å². The van der Waals surface area contributed by atoms with Crippen LogP contribution in [0.2, 0.25) is 0 Å². The summed E-state index contributed by atoms with van der Waals surface area (Å²) in [4.78, 5) is 4.82. The number of nitrogens with two attached hydrogens (primary N) is 1. The number of rotatable bonds is 2. The molecule has 2 rings (SSSR count). The first-order chi connectivity index (χ1) is 7.74. The molecule has 0 saturated carbocycles. The Bertz CT molecular complexity index is 539. The van der Waals surface area contributed by atoms with Gasteiger partial charge in [-0.3, -0.25) is 0 Å². The molecule has 0 aliphatic rings. The third-order valence-electron chi connectivity index (χ3n) is 2.06. The van der Waals surface area contributed by atoms with Crippen molar-refractivity contribution in [3.63, 3.8) is 0 Å². The van der Waals surface area contributed by atoms with Crippen LogP contribution < -0.4 is 5.73 Å². The first-order valence-corrected chi connectivity index (χ1v) is 5.42. The standard InChI is InChI=1S/C11H8FN3S/c12-8-3-1-7(2-4-8)11-9(5-13)15-10(6-14)16-11/h1-4H,6,14H2. The van der Waals surface area contributed by atoms with Gasteiger partial charge in [0.15, 0.2) is 5.69 Å². The van der Waals surface area contributed by atoms with Crippen molar-refractivity contribution in [1.29, 1.82) is 5.26 Å². The molecule has 1 aromatic carbocycles. The Morgan fingerprint density at radius 3 is 2.62 bits per heavy atom. The van der Waals surface area contributed by atoms with E-state index in [9.17, 15) is 4.39 Å². The van der Waals surface area contributed by atoms with E-state index < -0.39 is 0 Å². The summed E-state index contributed by atoms with van der Waals surface area (Å²) in [5.41, 5.74) is 6.60. The predicted octanol–water partition coefficient (Wildman–Crippen LogP) is 2.28. The van der Waals surface area contributed by atoms with Gasteiger partial charge in [-0.2, -0.15) is 5.26 Å². The van der Waals surface area contributed by atoms with Crippen LogP contribution in [-0.2, 0) is 6.54 Å². The zero-order valence-electron chi connectivity index (χ0n) is 8.27. The van der Waals surface area contributed by atoms with Crippen LogP contribution in [0.4, 0.5) is 4.39 Å². The molecule has 0 amide bonds. The lowest BCUT2D eigenvalue weighted by Gasteiger charge is -1.96. The van der Waals surface area contributed by atoms with Crippen molar-refractivity contribution in [2.75, 3.05) is 0 Å². The van der Waals surface area contributed by atoms with Gasteiger partial charge in [-0.1, -0.05) is 12.1 Å². The summed E-state index contributed by atoms with van der Waals surface area (Å²) >= 11 is 1.36. The summed E-state index contributed by atoms with van der Waals surface area (Å²) < 4.78 is 12.8. The van der Waals surface area contributed by atoms with Crippen LogP contribution in [0.5, 0.6) is 0 Å². The minimum absolute atomic E-state index is 0.300. The zero-order chi connectivity index (χ0) is 11.5. The quantitative estimate of drug-likeness (QED) is 0.865. The van der Waals surface area contributed by atoms with Crippen molar-refractivity contribution < 1.29 is 4.39 Å². The molecule has 1 aromatic heterocycles. The molecule has 0 fully saturated rings. The van der Waals surface area contributed by atoms with E-state index in [0.29, 0.717) is 17.2 Å². The van der Waals surface area contributed by atoms with Crippen LogP contribution in [0.1, 0.15) is 10.7 Å². The molecule has 0 radical (unpaired) electrons. The van der Waals surface area contributed by atoms with Gasteiger partial charge in [-0.25, -0.2) is 9.37 Å². The van der Waals surface area contributed by atoms with Gasteiger partial charge < -0.3 is 5.73 Å². The maximum absolute atomic E-state index is 12.8. The average Bonchev–Trinajstić information content (AvgIpc) is 2.73. The second-order valence-corrected chi connectivity index (χ2v) is 4.19. The Hall–Kier alpha value is -1.77. The van der Waals surface area contributed by atoms with Crippen LogP contribution in [-0.4, -0.2) is 4.98 Å². The number of aromatic nitrogens is 1. The number of nitriles is 1. The molecule has 16 heavy (non-hydrogen) atoms. The monoisotopic (exact) mass is 233 g/mol. The highest BCUT2D eigenvalue weighted by atomic mass is 32.1. The van der Waals surface area contributed by atoms with Crippen molar-refractivity contribution in [1.82, 2.24) is 4.98 Å². The Morgan fingerprint density at radius 2 is 2.06 bits per heavy atom. The Kier molecular flexibility index (Phi) is 2.95. The Balaban J connectivity index is 2.51. The summed E-state index contributed by atoms with van der Waals surface area (Å²) in [5, 5.41) is 9.63. The molecule has 80 valence electrons. The smallest absolute Gasteiger partial charge is 0.159 e. The lowest BCUT2D eigenvalue weighted by Crippen LogP contribution is -1.94. The van der Waals surface area contributed by atoms with Crippen molar-refractivity contribution in [2.45, 2.75) is 6.54 Å².